The number of fused-ring (bicyclic) bond motifs is 5. The molecule has 13 nitrogen and oxygen atoms in total. The summed E-state index contributed by atoms with van der Waals surface area (Å²) in [5, 5.41) is 26.9. The lowest BCUT2D eigenvalue weighted by atomic mass is 9.85. The fourth-order valence-corrected chi connectivity index (χ4v) is 5.67. The Kier molecular flexibility index (Phi) is 8.24. The van der Waals surface area contributed by atoms with E-state index in [1.165, 1.54) is 16.9 Å². The molecule has 3 aliphatic rings. The zero-order valence-corrected chi connectivity index (χ0v) is 23.9. The minimum absolute atomic E-state index is 0.0949. The van der Waals surface area contributed by atoms with E-state index in [0.717, 1.165) is 41.3 Å². The van der Waals surface area contributed by atoms with Gasteiger partial charge in [0.05, 0.1) is 41.8 Å². The molecule has 3 aromatic heterocycles. The number of aryl methyl sites for hydroxylation is 2. The van der Waals surface area contributed by atoms with Crippen LogP contribution in [0.25, 0.3) is 22.3 Å². The van der Waals surface area contributed by atoms with Crippen LogP contribution >= 0.6 is 0 Å². The highest BCUT2D eigenvalue weighted by Crippen LogP contribution is 2.41. The second kappa shape index (κ2) is 11.9. The summed E-state index contributed by atoms with van der Waals surface area (Å²) >= 11 is 0. The third kappa shape index (κ3) is 5.23. The van der Waals surface area contributed by atoms with E-state index in [1.54, 1.807) is 17.6 Å². The summed E-state index contributed by atoms with van der Waals surface area (Å²) in [6.07, 6.45) is 1.68. The van der Waals surface area contributed by atoms with Gasteiger partial charge in [-0.2, -0.15) is 0 Å². The van der Waals surface area contributed by atoms with Crippen LogP contribution in [-0.4, -0.2) is 46.8 Å². The molecule has 226 valence electrons. The molecule has 1 amide bonds. The van der Waals surface area contributed by atoms with Gasteiger partial charge in [0.15, 0.2) is 12.8 Å². The van der Waals surface area contributed by atoms with E-state index < -0.39 is 18.2 Å². The number of aliphatic hydroxyl groups excluding tert-OH is 2. The van der Waals surface area contributed by atoms with Crippen LogP contribution in [0.2, 0.25) is 0 Å². The number of aromatic nitrogens is 5. The lowest BCUT2D eigenvalue weighted by molar-refractivity contribution is -0.157. The van der Waals surface area contributed by atoms with Gasteiger partial charge in [-0.1, -0.05) is 19.1 Å². The van der Waals surface area contributed by atoms with Crippen molar-refractivity contribution in [2.45, 2.75) is 72.6 Å². The Morgan fingerprint density at radius 2 is 1.93 bits per heavy atom. The van der Waals surface area contributed by atoms with Gasteiger partial charge in [0.2, 0.25) is 0 Å². The maximum Gasteiger partial charge on any atom is 0.406 e. The second-order valence-electron chi connectivity index (χ2n) is 9.99. The maximum atomic E-state index is 14.5. The first-order valence-electron chi connectivity index (χ1n) is 13.8. The van der Waals surface area contributed by atoms with E-state index >= 15 is 0 Å². The molecule has 0 radical (unpaired) electrons. The van der Waals surface area contributed by atoms with Gasteiger partial charge in [-0.05, 0) is 48.9 Å². The number of hydrogen-bond donors (Lipinski definition) is 3. The van der Waals surface area contributed by atoms with Crippen LogP contribution in [-0.2, 0) is 53.6 Å². The molecule has 0 saturated heterocycles. The summed E-state index contributed by atoms with van der Waals surface area (Å²) in [5.74, 6) is -1.03. The predicted octanol–water partition coefficient (Wildman–Crippen LogP) is 2.30. The summed E-state index contributed by atoms with van der Waals surface area (Å²) < 4.78 is 26.7. The minimum atomic E-state index is -1.48. The molecular formula is C29H31FN6O7. The number of esters is 1. The van der Waals surface area contributed by atoms with Crippen LogP contribution in [0.4, 0.5) is 9.18 Å². The van der Waals surface area contributed by atoms with Crippen molar-refractivity contribution in [2.24, 2.45) is 5.73 Å². The molecule has 14 heteroatoms. The Hall–Kier alpha value is -4.69. The molecule has 7 rings (SSSR count). The van der Waals surface area contributed by atoms with Crippen molar-refractivity contribution in [3.8, 4) is 11.4 Å². The molecular weight excluding hydrogens is 563 g/mol. The first-order valence-corrected chi connectivity index (χ1v) is 13.8. The second-order valence-corrected chi connectivity index (χ2v) is 9.99. The standard InChI is InChI=1S/C22H17FN2O4.C5H8N4O3.C2H6/c1-9-10-3-2-4-11-13-7-25-17(19(13)24-16(18(10)11)6-15(9)23)5-12-14(21(25)27)8-29-22(28)20(12)26;6-5(11)12-3-9-1-4(2-10)7-8-9;1-2/h5-6,20,26H,2-4,7-8H2,1H3;1,10H,2-3H2,(H2,6,11);1-2H3. The summed E-state index contributed by atoms with van der Waals surface area (Å²) in [6, 6.07) is 3.13. The molecule has 0 saturated carbocycles. The van der Waals surface area contributed by atoms with Crippen molar-refractivity contribution in [1.29, 1.82) is 0 Å². The largest absolute Gasteiger partial charge is 0.458 e. The molecule has 0 fully saturated rings. The van der Waals surface area contributed by atoms with E-state index in [2.05, 4.69) is 15.0 Å². The molecule has 2 aliphatic heterocycles. The Morgan fingerprint density at radius 3 is 2.63 bits per heavy atom. The van der Waals surface area contributed by atoms with Crippen molar-refractivity contribution < 1.29 is 33.7 Å². The zero-order chi connectivity index (χ0) is 31.0. The normalized spacial score (nSPS) is 15.7. The predicted molar refractivity (Wildman–Crippen MR) is 150 cm³/mol. The molecule has 5 heterocycles. The number of benzene rings is 1. The molecule has 0 spiro atoms. The van der Waals surface area contributed by atoms with Crippen molar-refractivity contribution in [2.75, 3.05) is 0 Å². The summed E-state index contributed by atoms with van der Waals surface area (Å²) in [5.41, 5.74) is 11.0. The number of hydrogen-bond acceptors (Lipinski definition) is 10. The number of rotatable bonds is 3. The van der Waals surface area contributed by atoms with Gasteiger partial charge in [0, 0.05) is 22.6 Å². The van der Waals surface area contributed by atoms with Gasteiger partial charge >= 0.3 is 12.1 Å². The number of carbonyl (C=O) groups excluding carboxylic acids is 2. The molecule has 1 aromatic carbocycles. The fourth-order valence-electron chi connectivity index (χ4n) is 5.67. The van der Waals surface area contributed by atoms with Crippen molar-refractivity contribution in [3.63, 3.8) is 0 Å². The van der Waals surface area contributed by atoms with Crippen molar-refractivity contribution in [1.82, 2.24) is 24.5 Å². The highest BCUT2D eigenvalue weighted by Gasteiger charge is 2.35. The number of carbonyl (C=O) groups is 2. The average Bonchev–Trinajstić information content (AvgIpc) is 3.63. The molecule has 43 heavy (non-hydrogen) atoms. The van der Waals surface area contributed by atoms with Crippen LogP contribution in [0.15, 0.2) is 23.1 Å². The van der Waals surface area contributed by atoms with Crippen LogP contribution < -0.4 is 11.3 Å². The van der Waals surface area contributed by atoms with Crippen LogP contribution in [0.3, 0.4) is 0 Å². The number of halogens is 1. The van der Waals surface area contributed by atoms with Gasteiger partial charge < -0.3 is 30.0 Å². The van der Waals surface area contributed by atoms with Crippen molar-refractivity contribution in [3.05, 3.63) is 73.6 Å². The zero-order valence-electron chi connectivity index (χ0n) is 23.9. The summed E-state index contributed by atoms with van der Waals surface area (Å²) in [4.78, 5) is 39.7. The molecule has 1 atom stereocenters. The van der Waals surface area contributed by atoms with Gasteiger partial charge in [0.25, 0.3) is 5.56 Å². The third-order valence-corrected chi connectivity index (χ3v) is 7.63. The maximum absolute atomic E-state index is 14.5. The number of aliphatic hydroxyl groups is 2. The van der Waals surface area contributed by atoms with E-state index in [0.29, 0.717) is 40.3 Å². The van der Waals surface area contributed by atoms with Crippen LogP contribution in [0.5, 0.6) is 0 Å². The number of ether oxygens (including phenoxy) is 2. The smallest absolute Gasteiger partial charge is 0.406 e. The molecule has 4 N–H and O–H groups in total. The quantitative estimate of drug-likeness (QED) is 0.262. The molecule has 1 unspecified atom stereocenters. The average molecular weight is 595 g/mol. The Morgan fingerprint density at radius 1 is 1.19 bits per heavy atom. The lowest BCUT2D eigenvalue weighted by Crippen LogP contribution is -2.32. The highest BCUT2D eigenvalue weighted by molar-refractivity contribution is 5.92. The topological polar surface area (TPSA) is 185 Å². The Balaban J connectivity index is 0.000000222. The molecule has 1 aliphatic carbocycles. The molecule has 4 aromatic rings. The van der Waals surface area contributed by atoms with Gasteiger partial charge in [-0.15, -0.1) is 5.10 Å². The third-order valence-electron chi connectivity index (χ3n) is 7.63. The van der Waals surface area contributed by atoms with Gasteiger partial charge in [0.1, 0.15) is 18.1 Å². The van der Waals surface area contributed by atoms with E-state index in [9.17, 15) is 23.9 Å². The van der Waals surface area contributed by atoms with Crippen LogP contribution in [0, 0.1) is 12.7 Å². The van der Waals surface area contributed by atoms with Gasteiger partial charge in [-0.25, -0.2) is 23.6 Å². The minimum Gasteiger partial charge on any atom is -0.458 e. The summed E-state index contributed by atoms with van der Waals surface area (Å²) in [6.45, 7) is 5.75. The highest BCUT2D eigenvalue weighted by atomic mass is 19.1. The van der Waals surface area contributed by atoms with E-state index in [4.69, 9.17) is 20.6 Å². The van der Waals surface area contributed by atoms with Gasteiger partial charge in [-0.3, -0.25) is 4.79 Å². The number of pyridine rings is 2. The van der Waals surface area contributed by atoms with E-state index in [-0.39, 0.29) is 36.9 Å². The Bertz CT molecular complexity index is 1820. The fraction of sp³-hybridized carbons (Fsp3) is 0.379. The SMILES string of the molecule is CC.Cc1c(F)cc2nc3c(c4c2c1CCC4)Cn1c-3cc2c(c1=O)COC(=O)C2O.NC(=O)OCn1cc(CO)nn1. The Labute approximate surface area is 244 Å². The number of primary amides is 1. The number of nitrogens with two attached hydrogens (primary N) is 1. The first-order chi connectivity index (χ1) is 20.7. The number of cyclic esters (lactones) is 1. The summed E-state index contributed by atoms with van der Waals surface area (Å²) in [7, 11) is 0. The van der Waals surface area contributed by atoms with E-state index in [1.807, 2.05) is 13.8 Å². The lowest BCUT2D eigenvalue weighted by Gasteiger charge is -2.22. The van der Waals surface area contributed by atoms with Crippen molar-refractivity contribution >= 4 is 23.0 Å². The number of nitrogens with zero attached hydrogens (tertiary/aromatic N) is 5. The monoisotopic (exact) mass is 594 g/mol. The number of amides is 1. The molecule has 0 bridgehead atoms. The van der Waals surface area contributed by atoms with Crippen LogP contribution in [0.1, 0.15) is 65.4 Å². The first kappa shape index (κ1) is 29.8.